The van der Waals surface area contributed by atoms with Crippen LogP contribution in [0, 0.1) is 6.92 Å². The normalized spacial score (nSPS) is 11.8. The van der Waals surface area contributed by atoms with Gasteiger partial charge in [0.1, 0.15) is 5.76 Å². The number of amides is 1. The van der Waals surface area contributed by atoms with Crippen molar-refractivity contribution in [3.63, 3.8) is 0 Å². The molecule has 1 aromatic heterocycles. The summed E-state index contributed by atoms with van der Waals surface area (Å²) in [7, 11) is -1.20. The number of nitrogens with zero attached hydrogens (tertiary/aromatic N) is 1. The second-order valence-corrected chi connectivity index (χ2v) is 9.42. The van der Waals surface area contributed by atoms with E-state index >= 15 is 0 Å². The van der Waals surface area contributed by atoms with E-state index < -0.39 is 10.8 Å². The van der Waals surface area contributed by atoms with E-state index in [1.165, 1.54) is 0 Å². The number of aryl methyl sites for hydroxylation is 1. The molecule has 1 heterocycles. The molecule has 4 aromatic rings. The van der Waals surface area contributed by atoms with E-state index in [4.69, 9.17) is 16.0 Å². The van der Waals surface area contributed by atoms with E-state index in [-0.39, 0.29) is 11.7 Å². The Kier molecular flexibility index (Phi) is 7.37. The van der Waals surface area contributed by atoms with E-state index in [1.54, 1.807) is 24.3 Å². The zero-order valence-corrected chi connectivity index (χ0v) is 19.7. The molecular weight excluding hydrogens is 456 g/mol. The number of aromatic nitrogens is 1. The predicted molar refractivity (Wildman–Crippen MR) is 131 cm³/mol. The third-order valence-corrected chi connectivity index (χ3v) is 6.76. The van der Waals surface area contributed by atoms with Gasteiger partial charge in [0.05, 0.1) is 22.2 Å². The lowest BCUT2D eigenvalue weighted by molar-refractivity contribution is 0.0954. The van der Waals surface area contributed by atoms with Crippen molar-refractivity contribution in [1.29, 1.82) is 0 Å². The molecule has 1 amide bonds. The van der Waals surface area contributed by atoms with Crippen molar-refractivity contribution in [2.45, 2.75) is 24.0 Å². The number of carbonyl (C=O) groups excluding carboxylic acids is 1. The van der Waals surface area contributed by atoms with Gasteiger partial charge in [0.15, 0.2) is 0 Å². The highest BCUT2D eigenvalue weighted by Gasteiger charge is 2.15. The highest BCUT2D eigenvalue weighted by molar-refractivity contribution is 7.84. The second-order valence-electron chi connectivity index (χ2n) is 7.53. The molecule has 0 spiro atoms. The van der Waals surface area contributed by atoms with E-state index in [9.17, 15) is 9.00 Å². The Balaban J connectivity index is 1.36. The first-order chi connectivity index (χ1) is 16.0. The minimum atomic E-state index is -1.20. The fraction of sp³-hybridized carbons (Fsp3) is 0.154. The molecule has 0 saturated carbocycles. The van der Waals surface area contributed by atoms with E-state index in [0.29, 0.717) is 34.5 Å². The minimum absolute atomic E-state index is 0.141. The van der Waals surface area contributed by atoms with Gasteiger partial charge in [-0.1, -0.05) is 41.9 Å². The van der Waals surface area contributed by atoms with Gasteiger partial charge in [-0.15, -0.1) is 0 Å². The number of rotatable bonds is 8. The topological polar surface area (TPSA) is 72.2 Å². The minimum Gasteiger partial charge on any atom is -0.441 e. The first kappa shape index (κ1) is 23.0. The van der Waals surface area contributed by atoms with Crippen molar-refractivity contribution in [3.05, 3.63) is 106 Å². The SMILES string of the molecule is Cc1oc(-c2ccc(C(=O)NCCc3ccc(Cl)cc3)cc2)nc1CS(=O)c1ccccc1. The summed E-state index contributed by atoms with van der Waals surface area (Å²) in [5, 5.41) is 3.62. The van der Waals surface area contributed by atoms with Gasteiger partial charge < -0.3 is 9.73 Å². The number of nitrogens with one attached hydrogen (secondary N) is 1. The van der Waals surface area contributed by atoms with Gasteiger partial charge in [0.25, 0.3) is 5.91 Å². The van der Waals surface area contributed by atoms with E-state index in [2.05, 4.69) is 10.3 Å². The van der Waals surface area contributed by atoms with Crippen molar-refractivity contribution >= 4 is 28.3 Å². The maximum atomic E-state index is 12.6. The Morgan fingerprint density at radius 1 is 1.00 bits per heavy atom. The lowest BCUT2D eigenvalue weighted by Crippen LogP contribution is -2.25. The van der Waals surface area contributed by atoms with Crippen molar-refractivity contribution in [3.8, 4) is 11.5 Å². The summed E-state index contributed by atoms with van der Waals surface area (Å²) >= 11 is 5.90. The van der Waals surface area contributed by atoms with Crippen LogP contribution in [0.25, 0.3) is 11.5 Å². The van der Waals surface area contributed by atoms with Gasteiger partial charge >= 0.3 is 0 Å². The zero-order valence-electron chi connectivity index (χ0n) is 18.1. The van der Waals surface area contributed by atoms with Crippen molar-refractivity contribution in [2.75, 3.05) is 6.54 Å². The second kappa shape index (κ2) is 10.6. The van der Waals surface area contributed by atoms with Gasteiger partial charge in [0, 0.05) is 27.6 Å². The number of hydrogen-bond acceptors (Lipinski definition) is 4. The molecule has 4 rings (SSSR count). The summed E-state index contributed by atoms with van der Waals surface area (Å²) in [4.78, 5) is 17.7. The number of oxazole rings is 1. The first-order valence-electron chi connectivity index (χ1n) is 10.5. The molecule has 0 radical (unpaired) electrons. The summed E-state index contributed by atoms with van der Waals surface area (Å²) in [5.41, 5.74) is 3.09. The highest BCUT2D eigenvalue weighted by Crippen LogP contribution is 2.24. The Labute approximate surface area is 200 Å². The quantitative estimate of drug-likeness (QED) is 0.358. The van der Waals surface area contributed by atoms with Crippen LogP contribution in [0.15, 0.2) is 88.2 Å². The fourth-order valence-corrected chi connectivity index (χ4v) is 4.57. The molecule has 0 aliphatic rings. The van der Waals surface area contributed by atoms with Crippen LogP contribution in [0.3, 0.4) is 0 Å². The van der Waals surface area contributed by atoms with Crippen LogP contribution in [0.2, 0.25) is 5.02 Å². The molecule has 3 aromatic carbocycles. The molecule has 1 atom stereocenters. The average Bonchev–Trinajstić information content (AvgIpc) is 3.21. The maximum absolute atomic E-state index is 12.6. The fourth-order valence-electron chi connectivity index (χ4n) is 3.30. The smallest absolute Gasteiger partial charge is 0.251 e. The van der Waals surface area contributed by atoms with Crippen LogP contribution < -0.4 is 5.32 Å². The molecule has 0 aliphatic carbocycles. The predicted octanol–water partition coefficient (Wildman–Crippen LogP) is 5.58. The van der Waals surface area contributed by atoms with Crippen LogP contribution in [-0.2, 0) is 23.0 Å². The zero-order chi connectivity index (χ0) is 23.2. The summed E-state index contributed by atoms with van der Waals surface area (Å²) in [6.07, 6.45) is 0.726. The summed E-state index contributed by atoms with van der Waals surface area (Å²) in [5.74, 6) is 1.23. The van der Waals surface area contributed by atoms with Crippen molar-refractivity contribution in [1.82, 2.24) is 10.3 Å². The third-order valence-electron chi connectivity index (χ3n) is 5.17. The average molecular weight is 479 g/mol. The van der Waals surface area contributed by atoms with Crippen LogP contribution in [-0.4, -0.2) is 21.6 Å². The van der Waals surface area contributed by atoms with Crippen LogP contribution in [0.5, 0.6) is 0 Å². The lowest BCUT2D eigenvalue weighted by Gasteiger charge is -2.06. The van der Waals surface area contributed by atoms with Crippen molar-refractivity contribution in [2.24, 2.45) is 0 Å². The monoisotopic (exact) mass is 478 g/mol. The summed E-state index contributed by atoms with van der Waals surface area (Å²) in [6.45, 7) is 2.35. The number of hydrogen-bond donors (Lipinski definition) is 1. The molecule has 1 N–H and O–H groups in total. The van der Waals surface area contributed by atoms with Gasteiger partial charge in [-0.05, 0) is 67.4 Å². The summed E-state index contributed by atoms with van der Waals surface area (Å²) < 4.78 is 18.4. The molecule has 33 heavy (non-hydrogen) atoms. The van der Waals surface area contributed by atoms with Gasteiger partial charge in [-0.25, -0.2) is 4.98 Å². The standard InChI is InChI=1S/C26H23ClN2O3S/c1-18-24(17-33(31)23-5-3-2-4-6-23)29-26(32-18)21-11-9-20(10-12-21)25(30)28-16-15-19-7-13-22(27)14-8-19/h2-14H,15-17H2,1H3,(H,28,30). The molecule has 0 fully saturated rings. The maximum Gasteiger partial charge on any atom is 0.251 e. The summed E-state index contributed by atoms with van der Waals surface area (Å²) in [6, 6.07) is 24.0. The van der Waals surface area contributed by atoms with Crippen LogP contribution in [0.4, 0.5) is 0 Å². The number of carbonyl (C=O) groups is 1. The Morgan fingerprint density at radius 3 is 2.39 bits per heavy atom. The van der Waals surface area contributed by atoms with E-state index in [1.807, 2.05) is 61.5 Å². The van der Waals surface area contributed by atoms with Crippen LogP contribution >= 0.6 is 11.6 Å². The first-order valence-corrected chi connectivity index (χ1v) is 12.2. The molecule has 5 nitrogen and oxygen atoms in total. The molecule has 0 aliphatic heterocycles. The Morgan fingerprint density at radius 2 is 1.70 bits per heavy atom. The van der Waals surface area contributed by atoms with Gasteiger partial charge in [-0.2, -0.15) is 0 Å². The lowest BCUT2D eigenvalue weighted by atomic mass is 10.1. The Bertz CT molecular complexity index is 1250. The van der Waals surface area contributed by atoms with Gasteiger partial charge in [0.2, 0.25) is 5.89 Å². The largest absolute Gasteiger partial charge is 0.441 e. The molecule has 0 saturated heterocycles. The van der Waals surface area contributed by atoms with Crippen molar-refractivity contribution < 1.29 is 13.4 Å². The number of halogens is 1. The molecule has 168 valence electrons. The van der Waals surface area contributed by atoms with Crippen LogP contribution in [0.1, 0.15) is 27.4 Å². The third kappa shape index (κ3) is 5.97. The Hall–Kier alpha value is -3.22. The van der Waals surface area contributed by atoms with Gasteiger partial charge in [-0.3, -0.25) is 9.00 Å². The molecule has 1 unspecified atom stereocenters. The molecular formula is C26H23ClN2O3S. The van der Waals surface area contributed by atoms with E-state index in [0.717, 1.165) is 22.4 Å². The molecule has 0 bridgehead atoms. The number of benzene rings is 3. The highest BCUT2D eigenvalue weighted by atomic mass is 35.5. The molecule has 7 heteroatoms.